The lowest BCUT2D eigenvalue weighted by atomic mass is 9.73. The van der Waals surface area contributed by atoms with E-state index in [-0.39, 0.29) is 23.8 Å². The summed E-state index contributed by atoms with van der Waals surface area (Å²) in [5, 5.41) is 6.42. The average Bonchev–Trinajstić information content (AvgIpc) is 3.61. The van der Waals surface area contributed by atoms with Crippen molar-refractivity contribution in [1.82, 2.24) is 15.1 Å². The highest BCUT2D eigenvalue weighted by atomic mass is 16.5. The van der Waals surface area contributed by atoms with Gasteiger partial charge < -0.3 is 25.2 Å². The lowest BCUT2D eigenvalue weighted by Gasteiger charge is -2.38. The molecule has 4 aliphatic heterocycles. The summed E-state index contributed by atoms with van der Waals surface area (Å²) >= 11 is 0. The fourth-order valence-electron chi connectivity index (χ4n) is 8.25. The first-order valence-corrected chi connectivity index (χ1v) is 16.3. The van der Waals surface area contributed by atoms with E-state index < -0.39 is 29.6 Å². The standard InChI is InChI=1S/C34H48N4O4/c1-21-12-13-25(20-23(21)3)35-31(39)28-27-14-15-34(42-27)29(28)33(41)38(19-9-18-37-16-6-5-7-17-37)30(34)32(40)36-26-11-8-10-22(2)24(26)4/h12-15,20,22,24,26-30H,5-11,16-19H2,1-4H3,(H,35,39)(H,36,40)/t22-,24-,26+,27-,28+,29-,30-,34-/m0/s1. The highest BCUT2D eigenvalue weighted by Crippen LogP contribution is 2.55. The zero-order valence-corrected chi connectivity index (χ0v) is 25.7. The van der Waals surface area contributed by atoms with E-state index in [0.717, 1.165) is 50.0 Å². The van der Waals surface area contributed by atoms with Gasteiger partial charge in [0.25, 0.3) is 0 Å². The van der Waals surface area contributed by atoms with E-state index in [1.54, 1.807) is 4.90 Å². The largest absolute Gasteiger partial charge is 0.359 e. The highest BCUT2D eigenvalue weighted by Gasteiger charge is 2.72. The number of hydrogen-bond acceptors (Lipinski definition) is 5. The van der Waals surface area contributed by atoms with Gasteiger partial charge in [-0.25, -0.2) is 0 Å². The number of amides is 3. The number of piperidine rings is 1. The molecule has 2 bridgehead atoms. The number of anilines is 1. The Morgan fingerprint density at radius 1 is 1.00 bits per heavy atom. The molecule has 0 unspecified atom stereocenters. The van der Waals surface area contributed by atoms with Crippen LogP contribution in [0.1, 0.15) is 69.9 Å². The number of benzene rings is 1. The Balaban J connectivity index is 1.25. The minimum absolute atomic E-state index is 0.0773. The van der Waals surface area contributed by atoms with Crippen molar-refractivity contribution in [2.45, 2.75) is 96.4 Å². The summed E-state index contributed by atoms with van der Waals surface area (Å²) in [6, 6.07) is 5.14. The van der Waals surface area contributed by atoms with Crippen LogP contribution in [0.2, 0.25) is 0 Å². The van der Waals surface area contributed by atoms with Crippen LogP contribution in [0.15, 0.2) is 30.4 Å². The monoisotopic (exact) mass is 576 g/mol. The van der Waals surface area contributed by atoms with Gasteiger partial charge in [-0.1, -0.05) is 51.3 Å². The van der Waals surface area contributed by atoms with E-state index in [2.05, 4.69) is 29.4 Å². The summed E-state index contributed by atoms with van der Waals surface area (Å²) in [6.07, 6.45) is 11.0. The zero-order valence-electron chi connectivity index (χ0n) is 25.7. The van der Waals surface area contributed by atoms with Gasteiger partial charge in [-0.05, 0) is 94.3 Å². The van der Waals surface area contributed by atoms with Crippen molar-refractivity contribution >= 4 is 23.4 Å². The number of aryl methyl sites for hydroxylation is 2. The molecule has 0 radical (unpaired) electrons. The zero-order chi connectivity index (χ0) is 29.6. The van der Waals surface area contributed by atoms with Crippen molar-refractivity contribution in [3.8, 4) is 0 Å². The number of nitrogens with zero attached hydrogens (tertiary/aromatic N) is 2. The number of likely N-dealkylation sites (tertiary alicyclic amines) is 2. The Bertz CT molecular complexity index is 1240. The third-order valence-corrected chi connectivity index (χ3v) is 11.1. The summed E-state index contributed by atoms with van der Waals surface area (Å²) in [5.41, 5.74) is 1.83. The Hall–Kier alpha value is -2.71. The Labute approximate surface area is 250 Å². The molecule has 1 aromatic rings. The van der Waals surface area contributed by atoms with Crippen LogP contribution in [-0.2, 0) is 19.1 Å². The molecule has 5 aliphatic rings. The van der Waals surface area contributed by atoms with Crippen LogP contribution in [0.4, 0.5) is 5.69 Å². The van der Waals surface area contributed by atoms with Crippen LogP contribution < -0.4 is 10.6 Å². The van der Waals surface area contributed by atoms with Crippen molar-refractivity contribution in [1.29, 1.82) is 0 Å². The van der Waals surface area contributed by atoms with Crippen LogP contribution in [0.3, 0.4) is 0 Å². The summed E-state index contributed by atoms with van der Waals surface area (Å²) in [4.78, 5) is 46.5. The quantitative estimate of drug-likeness (QED) is 0.453. The molecule has 2 N–H and O–H groups in total. The van der Waals surface area contributed by atoms with Crippen LogP contribution in [0.5, 0.6) is 0 Å². The predicted molar refractivity (Wildman–Crippen MR) is 163 cm³/mol. The Kier molecular flexibility index (Phi) is 8.22. The van der Waals surface area contributed by atoms with Gasteiger partial charge in [0, 0.05) is 18.3 Å². The molecule has 3 saturated heterocycles. The summed E-state index contributed by atoms with van der Waals surface area (Å²) in [5.74, 6) is -0.989. The summed E-state index contributed by atoms with van der Waals surface area (Å²) in [7, 11) is 0. The molecule has 6 rings (SSSR count). The number of carbonyl (C=O) groups is 3. The molecule has 4 fully saturated rings. The Morgan fingerprint density at radius 3 is 2.55 bits per heavy atom. The molecule has 8 nitrogen and oxygen atoms in total. The smallest absolute Gasteiger partial charge is 0.246 e. The molecule has 4 heterocycles. The third kappa shape index (κ3) is 5.19. The van der Waals surface area contributed by atoms with E-state index in [0.29, 0.717) is 24.1 Å². The maximum Gasteiger partial charge on any atom is 0.246 e. The van der Waals surface area contributed by atoms with Gasteiger partial charge in [-0.3, -0.25) is 14.4 Å². The van der Waals surface area contributed by atoms with Gasteiger partial charge in [0.05, 0.1) is 17.9 Å². The van der Waals surface area contributed by atoms with E-state index in [9.17, 15) is 14.4 Å². The molecule has 8 atom stereocenters. The number of carbonyl (C=O) groups excluding carboxylic acids is 3. The first kappa shape index (κ1) is 29.4. The molecule has 42 heavy (non-hydrogen) atoms. The fourth-order valence-corrected chi connectivity index (χ4v) is 8.25. The lowest BCUT2D eigenvalue weighted by Crippen LogP contribution is -2.58. The fraction of sp³-hybridized carbons (Fsp3) is 0.676. The molecular formula is C34H48N4O4. The second-order valence-electron chi connectivity index (χ2n) is 13.7. The van der Waals surface area contributed by atoms with Crippen molar-refractivity contribution in [3.05, 3.63) is 41.5 Å². The van der Waals surface area contributed by atoms with Crippen molar-refractivity contribution < 1.29 is 19.1 Å². The number of fused-ring (bicyclic) bond motifs is 1. The van der Waals surface area contributed by atoms with Crippen molar-refractivity contribution in [3.63, 3.8) is 0 Å². The maximum absolute atomic E-state index is 14.3. The molecule has 8 heteroatoms. The topological polar surface area (TPSA) is 91.0 Å². The molecule has 1 aromatic carbocycles. The van der Waals surface area contributed by atoms with E-state index in [4.69, 9.17) is 4.74 Å². The molecule has 1 saturated carbocycles. The minimum Gasteiger partial charge on any atom is -0.359 e. The first-order valence-electron chi connectivity index (χ1n) is 16.3. The first-order chi connectivity index (χ1) is 20.2. The molecule has 1 spiro atoms. The molecule has 0 aromatic heterocycles. The van der Waals surface area contributed by atoms with Crippen molar-refractivity contribution in [2.24, 2.45) is 23.7 Å². The molecular weight excluding hydrogens is 528 g/mol. The van der Waals surface area contributed by atoms with Gasteiger partial charge in [0.1, 0.15) is 11.6 Å². The van der Waals surface area contributed by atoms with Crippen LogP contribution in [-0.4, -0.2) is 77.5 Å². The van der Waals surface area contributed by atoms with Gasteiger partial charge >= 0.3 is 0 Å². The predicted octanol–water partition coefficient (Wildman–Crippen LogP) is 4.21. The van der Waals surface area contributed by atoms with E-state index >= 15 is 0 Å². The maximum atomic E-state index is 14.3. The van der Waals surface area contributed by atoms with Crippen LogP contribution in [0, 0.1) is 37.5 Å². The Morgan fingerprint density at radius 2 is 1.79 bits per heavy atom. The molecule has 1 aliphatic carbocycles. The number of nitrogens with one attached hydrogen (secondary N) is 2. The van der Waals surface area contributed by atoms with Gasteiger partial charge in [-0.2, -0.15) is 0 Å². The second kappa shape index (κ2) is 11.8. The number of ether oxygens (including phenoxy) is 1. The van der Waals surface area contributed by atoms with Gasteiger partial charge in [0.2, 0.25) is 17.7 Å². The van der Waals surface area contributed by atoms with Crippen molar-refractivity contribution in [2.75, 3.05) is 31.5 Å². The highest BCUT2D eigenvalue weighted by molar-refractivity contribution is 6.02. The van der Waals surface area contributed by atoms with Gasteiger partial charge in [0.15, 0.2) is 0 Å². The third-order valence-electron chi connectivity index (χ3n) is 11.1. The summed E-state index contributed by atoms with van der Waals surface area (Å²) < 4.78 is 6.56. The normalized spacial score (nSPS) is 35.9. The number of rotatable bonds is 8. The van der Waals surface area contributed by atoms with E-state index in [1.807, 2.05) is 44.2 Å². The second-order valence-corrected chi connectivity index (χ2v) is 13.7. The van der Waals surface area contributed by atoms with E-state index in [1.165, 1.54) is 25.7 Å². The number of hydrogen-bond donors (Lipinski definition) is 2. The lowest BCUT2D eigenvalue weighted by molar-refractivity contribution is -0.141. The van der Waals surface area contributed by atoms with Crippen LogP contribution in [0.25, 0.3) is 0 Å². The molecule has 228 valence electrons. The SMILES string of the molecule is Cc1ccc(NC(=O)[C@@H]2[C@@H]3C=C[C@]4(O3)[C@@H]2C(=O)N(CCCN2CCCCC2)[C@H]4C(=O)N[C@@H]2CCC[C@H](C)[C@@H]2C)cc1C. The average molecular weight is 577 g/mol. The molecule has 3 amide bonds. The minimum atomic E-state index is -1.12. The van der Waals surface area contributed by atoms with Crippen LogP contribution >= 0.6 is 0 Å². The summed E-state index contributed by atoms with van der Waals surface area (Å²) in [6.45, 7) is 12.1. The van der Waals surface area contributed by atoms with Gasteiger partial charge in [-0.15, -0.1) is 0 Å².